The molecule has 3 nitrogen and oxygen atoms in total. The molecule has 0 spiro atoms. The van der Waals surface area contributed by atoms with Crippen LogP contribution in [0.5, 0.6) is 0 Å². The van der Waals surface area contributed by atoms with Gasteiger partial charge in [0, 0.05) is 18.4 Å². The van der Waals surface area contributed by atoms with E-state index in [2.05, 4.69) is 0 Å². The van der Waals surface area contributed by atoms with Crippen molar-refractivity contribution in [2.45, 2.75) is 25.8 Å². The molecule has 1 amide bonds. The van der Waals surface area contributed by atoms with Gasteiger partial charge in [0.25, 0.3) is 0 Å². The fourth-order valence-corrected chi connectivity index (χ4v) is 2.84. The van der Waals surface area contributed by atoms with E-state index in [0.717, 1.165) is 5.56 Å². The molecule has 0 aromatic heterocycles. The maximum absolute atomic E-state index is 13.1. The van der Waals surface area contributed by atoms with Gasteiger partial charge in [-0.25, -0.2) is 4.39 Å². The summed E-state index contributed by atoms with van der Waals surface area (Å²) in [6.07, 6.45) is 0.418. The van der Waals surface area contributed by atoms with Crippen LogP contribution in [-0.2, 0) is 4.79 Å². The van der Waals surface area contributed by atoms with Crippen LogP contribution in [0.3, 0.4) is 0 Å². The summed E-state index contributed by atoms with van der Waals surface area (Å²) in [7, 11) is 0. The number of Topliss-reactive ketones (excluding diaryl/α,β-unsaturated/α-hetero) is 1. The Bertz CT molecular complexity index is 724. The number of benzene rings is 2. The van der Waals surface area contributed by atoms with Crippen LogP contribution in [0.1, 0.15) is 41.7 Å². The summed E-state index contributed by atoms with van der Waals surface area (Å²) in [6, 6.07) is 13.0. The average Bonchev–Trinajstić information content (AvgIpc) is 2.65. The van der Waals surface area contributed by atoms with Gasteiger partial charge in [0.2, 0.25) is 5.91 Å². The largest absolute Gasteiger partial charge is 0.304 e. The molecule has 4 heteroatoms. The van der Waals surface area contributed by atoms with Gasteiger partial charge >= 0.3 is 0 Å². The molecule has 0 radical (unpaired) electrons. The molecule has 0 fully saturated rings. The minimum atomic E-state index is -0.311. The number of carbonyl (C=O) groups excluding carboxylic acids is 2. The highest BCUT2D eigenvalue weighted by atomic mass is 19.1. The van der Waals surface area contributed by atoms with Crippen molar-refractivity contribution >= 4 is 17.4 Å². The number of rotatable bonds is 2. The standard InChI is InChI=1S/C18H16FNO2/c1-12(13-6-8-14(19)9-7-13)20-16-5-3-2-4-15(16)17(21)10-11-18(20)22/h2-9,12H,10-11H2,1H3. The molecule has 0 bridgehead atoms. The van der Waals surface area contributed by atoms with Crippen LogP contribution in [0.25, 0.3) is 0 Å². The van der Waals surface area contributed by atoms with Gasteiger partial charge in [0.15, 0.2) is 5.78 Å². The number of fused-ring (bicyclic) bond motifs is 1. The molecule has 1 unspecified atom stereocenters. The fourth-order valence-electron chi connectivity index (χ4n) is 2.84. The van der Waals surface area contributed by atoms with Crippen LogP contribution < -0.4 is 4.90 Å². The highest BCUT2D eigenvalue weighted by molar-refractivity contribution is 6.10. The molecule has 2 aromatic rings. The molecule has 1 atom stereocenters. The smallest absolute Gasteiger partial charge is 0.228 e. The number of ketones is 1. The Kier molecular flexibility index (Phi) is 3.75. The van der Waals surface area contributed by atoms with Gasteiger partial charge in [-0.15, -0.1) is 0 Å². The summed E-state index contributed by atoms with van der Waals surface area (Å²) in [4.78, 5) is 26.3. The highest BCUT2D eigenvalue weighted by Gasteiger charge is 2.30. The number of anilines is 1. The summed E-state index contributed by atoms with van der Waals surface area (Å²) in [6.45, 7) is 1.89. The van der Waals surface area contributed by atoms with Crippen molar-refractivity contribution in [2.75, 3.05) is 4.90 Å². The van der Waals surface area contributed by atoms with Crippen molar-refractivity contribution in [3.63, 3.8) is 0 Å². The minimum Gasteiger partial charge on any atom is -0.304 e. The molecular weight excluding hydrogens is 281 g/mol. The van der Waals surface area contributed by atoms with Gasteiger partial charge in [-0.05, 0) is 36.8 Å². The summed E-state index contributed by atoms with van der Waals surface area (Å²) in [5.74, 6) is -0.415. The Labute approximate surface area is 128 Å². The molecule has 1 aliphatic heterocycles. The zero-order chi connectivity index (χ0) is 15.7. The topological polar surface area (TPSA) is 37.4 Å². The maximum Gasteiger partial charge on any atom is 0.228 e. The lowest BCUT2D eigenvalue weighted by Gasteiger charge is -2.29. The highest BCUT2D eigenvalue weighted by Crippen LogP contribution is 2.33. The van der Waals surface area contributed by atoms with Crippen LogP contribution in [0.2, 0.25) is 0 Å². The van der Waals surface area contributed by atoms with E-state index in [0.29, 0.717) is 11.3 Å². The number of halogens is 1. The molecule has 22 heavy (non-hydrogen) atoms. The quantitative estimate of drug-likeness (QED) is 0.843. The summed E-state index contributed by atoms with van der Waals surface area (Å²) in [5.41, 5.74) is 2.04. The third kappa shape index (κ3) is 2.52. The third-order valence-electron chi connectivity index (χ3n) is 4.04. The number of hydrogen-bond donors (Lipinski definition) is 0. The molecule has 0 N–H and O–H groups in total. The first-order valence-corrected chi connectivity index (χ1v) is 7.27. The van der Waals surface area contributed by atoms with E-state index in [1.54, 1.807) is 35.2 Å². The lowest BCUT2D eigenvalue weighted by atomic mass is 10.0. The van der Waals surface area contributed by atoms with Gasteiger partial charge in [-0.2, -0.15) is 0 Å². The third-order valence-corrected chi connectivity index (χ3v) is 4.04. The molecular formula is C18H16FNO2. The van der Waals surface area contributed by atoms with E-state index in [1.807, 2.05) is 13.0 Å². The van der Waals surface area contributed by atoms with E-state index in [4.69, 9.17) is 0 Å². The van der Waals surface area contributed by atoms with E-state index in [9.17, 15) is 14.0 Å². The van der Waals surface area contributed by atoms with Crippen LogP contribution >= 0.6 is 0 Å². The Morgan fingerprint density at radius 1 is 1.00 bits per heavy atom. The number of para-hydroxylation sites is 1. The number of carbonyl (C=O) groups is 2. The first-order chi connectivity index (χ1) is 10.6. The summed E-state index contributed by atoms with van der Waals surface area (Å²) in [5, 5.41) is 0. The number of amides is 1. The van der Waals surface area contributed by atoms with E-state index in [-0.39, 0.29) is 36.4 Å². The molecule has 3 rings (SSSR count). The molecule has 1 aliphatic rings. The van der Waals surface area contributed by atoms with Crippen molar-refractivity contribution < 1.29 is 14.0 Å². The van der Waals surface area contributed by atoms with Crippen LogP contribution in [0.4, 0.5) is 10.1 Å². The van der Waals surface area contributed by atoms with Gasteiger partial charge in [0.05, 0.1) is 11.7 Å². The second kappa shape index (κ2) is 5.72. The Morgan fingerprint density at radius 3 is 2.41 bits per heavy atom. The zero-order valence-electron chi connectivity index (χ0n) is 12.3. The average molecular weight is 297 g/mol. The SMILES string of the molecule is CC(c1ccc(F)cc1)N1C(=O)CCC(=O)c2ccccc21. The van der Waals surface area contributed by atoms with Crippen molar-refractivity contribution in [1.82, 2.24) is 0 Å². The van der Waals surface area contributed by atoms with Crippen molar-refractivity contribution in [1.29, 1.82) is 0 Å². The first-order valence-electron chi connectivity index (χ1n) is 7.27. The number of nitrogens with zero attached hydrogens (tertiary/aromatic N) is 1. The van der Waals surface area contributed by atoms with Gasteiger partial charge in [0.1, 0.15) is 5.82 Å². The molecule has 1 heterocycles. The zero-order valence-corrected chi connectivity index (χ0v) is 12.3. The van der Waals surface area contributed by atoms with Gasteiger partial charge < -0.3 is 4.90 Å². The van der Waals surface area contributed by atoms with Crippen LogP contribution in [-0.4, -0.2) is 11.7 Å². The Hall–Kier alpha value is -2.49. The minimum absolute atomic E-state index is 0.0160. The van der Waals surface area contributed by atoms with Gasteiger partial charge in [-0.3, -0.25) is 9.59 Å². The monoisotopic (exact) mass is 297 g/mol. The second-order valence-corrected chi connectivity index (χ2v) is 5.43. The van der Waals surface area contributed by atoms with E-state index < -0.39 is 0 Å². The summed E-state index contributed by atoms with van der Waals surface area (Å²) < 4.78 is 13.1. The van der Waals surface area contributed by atoms with Crippen molar-refractivity contribution in [3.05, 3.63) is 65.5 Å². The predicted molar refractivity (Wildman–Crippen MR) is 82.3 cm³/mol. The first kappa shape index (κ1) is 14.4. The van der Waals surface area contributed by atoms with Crippen molar-refractivity contribution in [2.24, 2.45) is 0 Å². The molecule has 0 saturated heterocycles. The lowest BCUT2D eigenvalue weighted by Crippen LogP contribution is -2.33. The lowest BCUT2D eigenvalue weighted by molar-refractivity contribution is -0.119. The Balaban J connectivity index is 2.07. The second-order valence-electron chi connectivity index (χ2n) is 5.43. The molecule has 0 saturated carbocycles. The maximum atomic E-state index is 13.1. The fraction of sp³-hybridized carbons (Fsp3) is 0.222. The molecule has 0 aliphatic carbocycles. The van der Waals surface area contributed by atoms with Crippen molar-refractivity contribution in [3.8, 4) is 0 Å². The van der Waals surface area contributed by atoms with E-state index >= 15 is 0 Å². The van der Waals surface area contributed by atoms with E-state index in [1.165, 1.54) is 12.1 Å². The Morgan fingerprint density at radius 2 is 1.68 bits per heavy atom. The summed E-state index contributed by atoms with van der Waals surface area (Å²) >= 11 is 0. The normalized spacial score (nSPS) is 16.2. The van der Waals surface area contributed by atoms with Gasteiger partial charge in [-0.1, -0.05) is 24.3 Å². The molecule has 112 valence electrons. The predicted octanol–water partition coefficient (Wildman–Crippen LogP) is 3.90. The van der Waals surface area contributed by atoms with Crippen LogP contribution in [0.15, 0.2) is 48.5 Å². The molecule has 2 aromatic carbocycles. The number of hydrogen-bond acceptors (Lipinski definition) is 2. The van der Waals surface area contributed by atoms with Crippen LogP contribution in [0, 0.1) is 5.82 Å².